The number of thiophene rings is 1. The molecule has 100 valence electrons. The van der Waals surface area contributed by atoms with Gasteiger partial charge in [-0.1, -0.05) is 30.0 Å². The number of thioether (sulfide) groups is 1. The fourth-order valence-electron chi connectivity index (χ4n) is 1.67. The lowest BCUT2D eigenvalue weighted by atomic mass is 10.2. The molecular formula is C12H8N4O2S2. The Bertz CT molecular complexity index is 747. The van der Waals surface area contributed by atoms with Crippen LogP contribution >= 0.6 is 23.1 Å². The summed E-state index contributed by atoms with van der Waals surface area (Å²) >= 11 is 2.70. The maximum Gasteiger partial charge on any atom is 0.296 e. The zero-order valence-electron chi connectivity index (χ0n) is 10.1. The fraction of sp³-hybridized carbons (Fsp3) is 0.0833. The topological polar surface area (TPSA) is 88.1 Å². The van der Waals surface area contributed by atoms with Crippen LogP contribution in [0.1, 0.15) is 0 Å². The summed E-state index contributed by atoms with van der Waals surface area (Å²) in [5, 5.41) is 10.7. The Hall–Kier alpha value is -2.06. The number of hydrogen-bond acceptors (Lipinski definition) is 6. The zero-order valence-corrected chi connectivity index (χ0v) is 11.7. The van der Waals surface area contributed by atoms with Gasteiger partial charge in [-0.25, -0.2) is 4.98 Å². The minimum Gasteiger partial charge on any atom is -0.268 e. The minimum atomic E-state index is -0.719. The van der Waals surface area contributed by atoms with E-state index >= 15 is 0 Å². The second-order valence-corrected chi connectivity index (χ2v) is 5.92. The summed E-state index contributed by atoms with van der Waals surface area (Å²) in [6.07, 6.45) is 0. The lowest BCUT2D eigenvalue weighted by Crippen LogP contribution is -1.95. The van der Waals surface area contributed by atoms with Crippen molar-refractivity contribution in [2.24, 2.45) is 5.18 Å². The van der Waals surface area contributed by atoms with Crippen molar-refractivity contribution < 1.29 is 4.79 Å². The Labute approximate surface area is 121 Å². The first-order valence-corrected chi connectivity index (χ1v) is 7.47. The molecule has 0 spiro atoms. The normalized spacial score (nSPS) is 10.8. The van der Waals surface area contributed by atoms with Crippen molar-refractivity contribution in [1.82, 2.24) is 15.2 Å². The summed E-state index contributed by atoms with van der Waals surface area (Å²) in [6, 6.07) is 10.1. The molecule has 0 aliphatic carbocycles. The number of aromatic nitrogens is 3. The van der Waals surface area contributed by atoms with E-state index in [1.54, 1.807) is 11.3 Å². The summed E-state index contributed by atoms with van der Waals surface area (Å²) in [6.45, 7) is 0. The molecule has 2 heterocycles. The highest BCUT2D eigenvalue weighted by Crippen LogP contribution is 2.32. The highest BCUT2D eigenvalue weighted by molar-refractivity contribution is 7.99. The van der Waals surface area contributed by atoms with Crippen molar-refractivity contribution in [3.05, 3.63) is 35.2 Å². The van der Waals surface area contributed by atoms with Crippen LogP contribution in [0.15, 0.2) is 40.7 Å². The summed E-state index contributed by atoms with van der Waals surface area (Å²) in [7, 11) is 0. The molecular weight excluding hydrogens is 296 g/mol. The summed E-state index contributed by atoms with van der Waals surface area (Å²) in [4.78, 5) is 26.1. The van der Waals surface area contributed by atoms with Crippen LogP contribution in [-0.4, -0.2) is 26.8 Å². The summed E-state index contributed by atoms with van der Waals surface area (Å²) < 4.78 is 1.17. The maximum atomic E-state index is 10.8. The Morgan fingerprint density at radius 2 is 2.25 bits per heavy atom. The van der Waals surface area contributed by atoms with Crippen LogP contribution in [0.25, 0.3) is 20.8 Å². The van der Waals surface area contributed by atoms with E-state index in [9.17, 15) is 9.70 Å². The van der Waals surface area contributed by atoms with Crippen LogP contribution in [0.3, 0.4) is 0 Å². The minimum absolute atomic E-state index is 0.0484. The highest BCUT2D eigenvalue weighted by Gasteiger charge is 2.11. The number of carbonyl (C=O) groups is 1. The van der Waals surface area contributed by atoms with Gasteiger partial charge < -0.3 is 0 Å². The van der Waals surface area contributed by atoms with Gasteiger partial charge in [-0.3, -0.25) is 9.89 Å². The fourth-order valence-corrected chi connectivity index (χ4v) is 3.25. The third-order valence-electron chi connectivity index (χ3n) is 2.55. The van der Waals surface area contributed by atoms with Crippen LogP contribution in [0, 0.1) is 4.91 Å². The number of carbonyl (C=O) groups excluding carboxylic acids is 1. The Morgan fingerprint density at radius 3 is 3.05 bits per heavy atom. The van der Waals surface area contributed by atoms with E-state index < -0.39 is 5.91 Å². The largest absolute Gasteiger partial charge is 0.296 e. The van der Waals surface area contributed by atoms with E-state index in [1.807, 2.05) is 30.3 Å². The van der Waals surface area contributed by atoms with Crippen LogP contribution in [-0.2, 0) is 4.79 Å². The molecule has 0 radical (unpaired) electrons. The summed E-state index contributed by atoms with van der Waals surface area (Å²) in [5.41, 5.74) is 0. The van der Waals surface area contributed by atoms with E-state index in [1.165, 1.54) is 4.70 Å². The lowest BCUT2D eigenvalue weighted by molar-refractivity contribution is -0.115. The van der Waals surface area contributed by atoms with Crippen LogP contribution < -0.4 is 0 Å². The molecule has 2 aromatic heterocycles. The van der Waals surface area contributed by atoms with E-state index in [2.05, 4.69) is 20.4 Å². The number of hydrogen-bond donors (Lipinski definition) is 1. The van der Waals surface area contributed by atoms with Gasteiger partial charge in [-0.15, -0.1) is 21.3 Å². The molecule has 8 heteroatoms. The van der Waals surface area contributed by atoms with E-state index in [-0.39, 0.29) is 5.75 Å². The predicted molar refractivity (Wildman–Crippen MR) is 78.7 cm³/mol. The van der Waals surface area contributed by atoms with Crippen LogP contribution in [0.5, 0.6) is 0 Å². The maximum absolute atomic E-state index is 10.8. The number of nitroso groups, excluding NO2 is 1. The predicted octanol–water partition coefficient (Wildman–Crippen LogP) is 3.07. The van der Waals surface area contributed by atoms with Crippen LogP contribution in [0.2, 0.25) is 0 Å². The molecule has 0 aliphatic rings. The number of H-pyrrole nitrogens is 1. The number of nitrogens with one attached hydrogen (secondary N) is 1. The average molecular weight is 304 g/mol. The average Bonchev–Trinajstić information content (AvgIpc) is 3.10. The quantitative estimate of drug-likeness (QED) is 0.591. The van der Waals surface area contributed by atoms with Gasteiger partial charge in [0.05, 0.1) is 10.6 Å². The van der Waals surface area contributed by atoms with E-state index in [0.717, 1.165) is 22.0 Å². The molecule has 1 amide bonds. The van der Waals surface area contributed by atoms with Gasteiger partial charge in [0.1, 0.15) is 0 Å². The van der Waals surface area contributed by atoms with Gasteiger partial charge in [0.15, 0.2) is 5.82 Å². The highest BCUT2D eigenvalue weighted by atomic mass is 32.2. The molecule has 0 unspecified atom stereocenters. The van der Waals surface area contributed by atoms with Crippen molar-refractivity contribution in [2.75, 3.05) is 5.75 Å². The van der Waals surface area contributed by atoms with Crippen LogP contribution in [0.4, 0.5) is 0 Å². The molecule has 3 aromatic rings. The van der Waals surface area contributed by atoms with Gasteiger partial charge in [-0.2, -0.15) is 0 Å². The van der Waals surface area contributed by atoms with Gasteiger partial charge in [0.25, 0.3) is 5.91 Å². The first-order valence-electron chi connectivity index (χ1n) is 5.66. The smallest absolute Gasteiger partial charge is 0.268 e. The van der Waals surface area contributed by atoms with Gasteiger partial charge in [0, 0.05) is 9.88 Å². The number of benzene rings is 1. The monoisotopic (exact) mass is 304 g/mol. The number of rotatable bonds is 4. The third-order valence-corrected chi connectivity index (χ3v) is 4.51. The molecule has 0 aliphatic heterocycles. The first kappa shape index (κ1) is 12.9. The Kier molecular flexibility index (Phi) is 3.57. The standard InChI is InChI=1S/C12H8N4O2S2/c17-10(16-18)6-19-12-13-11(14-15-12)9-5-7-3-1-2-4-8(7)20-9/h1-5H,6H2,(H,13,14,15). The van der Waals surface area contributed by atoms with Gasteiger partial charge >= 0.3 is 0 Å². The molecule has 0 bridgehead atoms. The van der Waals surface area contributed by atoms with Crippen molar-refractivity contribution in [1.29, 1.82) is 0 Å². The van der Waals surface area contributed by atoms with E-state index in [4.69, 9.17) is 0 Å². The SMILES string of the molecule is O=NC(=O)CSc1n[nH]c(-c2cc3ccccc3s2)n1. The molecule has 0 atom stereocenters. The van der Waals surface area contributed by atoms with Crippen molar-refractivity contribution in [2.45, 2.75) is 5.16 Å². The Morgan fingerprint density at radius 1 is 1.40 bits per heavy atom. The molecule has 0 saturated heterocycles. The van der Waals surface area contributed by atoms with Gasteiger partial charge in [0.2, 0.25) is 5.16 Å². The second-order valence-electron chi connectivity index (χ2n) is 3.89. The van der Waals surface area contributed by atoms with Crippen molar-refractivity contribution >= 4 is 39.1 Å². The number of aromatic amines is 1. The Balaban J connectivity index is 1.82. The lowest BCUT2D eigenvalue weighted by Gasteiger charge is -1.88. The molecule has 3 rings (SSSR count). The zero-order chi connectivity index (χ0) is 13.9. The molecule has 1 N–H and O–H groups in total. The molecule has 0 saturated carbocycles. The number of amides is 1. The number of nitrogens with zero attached hydrogens (tertiary/aromatic N) is 3. The molecule has 1 aromatic carbocycles. The first-order chi connectivity index (χ1) is 9.76. The second kappa shape index (κ2) is 5.51. The third kappa shape index (κ3) is 2.61. The summed E-state index contributed by atoms with van der Waals surface area (Å²) in [5.74, 6) is -0.115. The molecule has 0 fully saturated rings. The van der Waals surface area contributed by atoms with Crippen molar-refractivity contribution in [3.8, 4) is 10.7 Å². The molecule has 6 nitrogen and oxygen atoms in total. The van der Waals surface area contributed by atoms with E-state index in [0.29, 0.717) is 11.0 Å². The molecule has 20 heavy (non-hydrogen) atoms. The van der Waals surface area contributed by atoms with Crippen molar-refractivity contribution in [3.63, 3.8) is 0 Å². The van der Waals surface area contributed by atoms with Gasteiger partial charge in [-0.05, 0) is 17.5 Å². The number of fused-ring (bicyclic) bond motifs is 1.